The van der Waals surface area contributed by atoms with Crippen molar-refractivity contribution in [3.63, 3.8) is 0 Å². The van der Waals surface area contributed by atoms with Crippen LogP contribution in [0.5, 0.6) is 0 Å². The topological polar surface area (TPSA) is 78.4 Å². The average Bonchev–Trinajstić information content (AvgIpc) is 3.32. The van der Waals surface area contributed by atoms with Gasteiger partial charge in [-0.25, -0.2) is 14.6 Å². The third-order valence-corrected chi connectivity index (χ3v) is 5.14. The lowest BCUT2D eigenvalue weighted by molar-refractivity contribution is 0.0585. The number of fused-ring (bicyclic) bond motifs is 2. The number of carbonyl (C=O) groups excluding carboxylic acids is 2. The van der Waals surface area contributed by atoms with E-state index in [0.29, 0.717) is 16.8 Å². The monoisotopic (exact) mass is 352 g/mol. The van der Waals surface area contributed by atoms with Gasteiger partial charge in [0.05, 0.1) is 25.5 Å². The van der Waals surface area contributed by atoms with Gasteiger partial charge in [-0.05, 0) is 61.8 Å². The van der Waals surface area contributed by atoms with Crippen LogP contribution in [0.25, 0.3) is 11.3 Å². The van der Waals surface area contributed by atoms with E-state index in [0.717, 1.165) is 61.0 Å². The number of rotatable bonds is 3. The minimum Gasteiger partial charge on any atom is -0.465 e. The van der Waals surface area contributed by atoms with Gasteiger partial charge < -0.3 is 9.47 Å². The predicted molar refractivity (Wildman–Crippen MR) is 94.2 cm³/mol. The molecule has 0 saturated carbocycles. The third kappa shape index (κ3) is 2.66. The first-order valence-corrected chi connectivity index (χ1v) is 8.85. The Labute approximate surface area is 151 Å². The fourth-order valence-electron chi connectivity index (χ4n) is 3.85. The van der Waals surface area contributed by atoms with Gasteiger partial charge in [-0.3, -0.25) is 4.98 Å². The third-order valence-electron chi connectivity index (χ3n) is 5.14. The summed E-state index contributed by atoms with van der Waals surface area (Å²) in [6.07, 6.45) is 5.55. The molecule has 0 aromatic carbocycles. The number of aromatic nitrogens is 2. The lowest BCUT2D eigenvalue weighted by Gasteiger charge is -2.14. The summed E-state index contributed by atoms with van der Waals surface area (Å²) in [7, 11) is 2.68. The van der Waals surface area contributed by atoms with Crippen LogP contribution in [0.3, 0.4) is 0 Å². The Hall–Kier alpha value is -2.76. The highest BCUT2D eigenvalue weighted by atomic mass is 16.5. The Morgan fingerprint density at radius 3 is 2.12 bits per heavy atom. The molecule has 2 heterocycles. The molecule has 0 radical (unpaired) electrons. The summed E-state index contributed by atoms with van der Waals surface area (Å²) >= 11 is 0. The van der Waals surface area contributed by atoms with Gasteiger partial charge in [0, 0.05) is 17.0 Å². The molecule has 0 spiro atoms. The second-order valence-corrected chi connectivity index (χ2v) is 6.67. The number of pyridine rings is 2. The van der Waals surface area contributed by atoms with Crippen molar-refractivity contribution in [2.45, 2.75) is 38.5 Å². The molecule has 4 rings (SSSR count). The Balaban J connectivity index is 1.97. The molecule has 2 aliphatic rings. The Kier molecular flexibility index (Phi) is 4.18. The van der Waals surface area contributed by atoms with Gasteiger partial charge in [0.25, 0.3) is 0 Å². The lowest BCUT2D eigenvalue weighted by atomic mass is 9.99. The molecule has 2 aromatic rings. The molecule has 0 fully saturated rings. The normalized spacial score (nSPS) is 14.7. The number of ether oxygens (including phenoxy) is 2. The van der Waals surface area contributed by atoms with Crippen molar-refractivity contribution in [3.05, 3.63) is 45.9 Å². The van der Waals surface area contributed by atoms with E-state index in [1.54, 1.807) is 0 Å². The standard InChI is InChI=1S/C20H20N2O4/c1-25-19(23)14-10-12-6-4-7-15(12)21-17(14)13-9-11-5-3-8-16(11)22-18(13)20(24)26-2/h9-10H,3-8H2,1-2H3. The summed E-state index contributed by atoms with van der Waals surface area (Å²) in [5.41, 5.74) is 5.67. The molecule has 0 atom stereocenters. The molecule has 6 nitrogen and oxygen atoms in total. The first-order valence-electron chi connectivity index (χ1n) is 8.85. The summed E-state index contributed by atoms with van der Waals surface area (Å²) in [5, 5.41) is 0. The van der Waals surface area contributed by atoms with E-state index in [2.05, 4.69) is 4.98 Å². The van der Waals surface area contributed by atoms with Gasteiger partial charge in [0.15, 0.2) is 5.69 Å². The maximum absolute atomic E-state index is 12.4. The van der Waals surface area contributed by atoms with Crippen molar-refractivity contribution < 1.29 is 19.1 Å². The summed E-state index contributed by atoms with van der Waals surface area (Å²) in [4.78, 5) is 34.1. The van der Waals surface area contributed by atoms with Gasteiger partial charge in [0.2, 0.25) is 0 Å². The summed E-state index contributed by atoms with van der Waals surface area (Å²) in [5.74, 6) is -0.980. The molecule has 0 amide bonds. The highest BCUT2D eigenvalue weighted by molar-refractivity contribution is 6.01. The van der Waals surface area contributed by atoms with E-state index in [9.17, 15) is 9.59 Å². The Morgan fingerprint density at radius 2 is 1.46 bits per heavy atom. The first kappa shape index (κ1) is 16.7. The van der Waals surface area contributed by atoms with Crippen LogP contribution in [0.2, 0.25) is 0 Å². The molecular weight excluding hydrogens is 332 g/mol. The van der Waals surface area contributed by atoms with E-state index in [1.165, 1.54) is 14.2 Å². The fraction of sp³-hybridized carbons (Fsp3) is 0.400. The fourth-order valence-corrected chi connectivity index (χ4v) is 3.85. The number of hydrogen-bond donors (Lipinski definition) is 0. The molecule has 0 bridgehead atoms. The molecule has 0 aliphatic heterocycles. The molecule has 134 valence electrons. The van der Waals surface area contributed by atoms with Crippen LogP contribution < -0.4 is 0 Å². The molecule has 0 unspecified atom stereocenters. The van der Waals surface area contributed by atoms with Gasteiger partial charge in [0.1, 0.15) is 0 Å². The van der Waals surface area contributed by atoms with Crippen LogP contribution in [0.4, 0.5) is 0 Å². The van der Waals surface area contributed by atoms with Gasteiger partial charge in [-0.15, -0.1) is 0 Å². The van der Waals surface area contributed by atoms with Gasteiger partial charge in [-0.1, -0.05) is 0 Å². The minimum absolute atomic E-state index is 0.212. The maximum Gasteiger partial charge on any atom is 0.357 e. The highest BCUT2D eigenvalue weighted by Crippen LogP contribution is 2.34. The zero-order chi connectivity index (χ0) is 18.3. The Bertz CT molecular complexity index is 845. The molecule has 0 saturated heterocycles. The van der Waals surface area contributed by atoms with Crippen molar-refractivity contribution in [3.8, 4) is 11.3 Å². The second kappa shape index (κ2) is 6.52. The predicted octanol–water partition coefficient (Wildman–Crippen LogP) is 2.69. The maximum atomic E-state index is 12.4. The largest absolute Gasteiger partial charge is 0.465 e. The second-order valence-electron chi connectivity index (χ2n) is 6.67. The van der Waals surface area contributed by atoms with E-state index >= 15 is 0 Å². The van der Waals surface area contributed by atoms with Crippen LogP contribution in [0, 0.1) is 0 Å². The van der Waals surface area contributed by atoms with Crippen molar-refractivity contribution in [2.24, 2.45) is 0 Å². The Morgan fingerprint density at radius 1 is 0.846 bits per heavy atom. The highest BCUT2D eigenvalue weighted by Gasteiger charge is 2.28. The zero-order valence-electron chi connectivity index (χ0n) is 14.9. The average molecular weight is 352 g/mol. The molecular formula is C20H20N2O4. The SMILES string of the molecule is COC(=O)c1cc2c(nc1-c1cc3c(nc1C(=O)OC)CCC3)CCC2. The molecule has 2 aromatic heterocycles. The molecule has 26 heavy (non-hydrogen) atoms. The number of methoxy groups -OCH3 is 2. The van der Waals surface area contributed by atoms with Crippen molar-refractivity contribution >= 4 is 11.9 Å². The molecule has 0 N–H and O–H groups in total. The van der Waals surface area contributed by atoms with Crippen LogP contribution in [-0.2, 0) is 35.2 Å². The van der Waals surface area contributed by atoms with E-state index < -0.39 is 11.9 Å². The van der Waals surface area contributed by atoms with Crippen LogP contribution in [0.1, 0.15) is 56.2 Å². The van der Waals surface area contributed by atoms with Gasteiger partial charge >= 0.3 is 11.9 Å². The van der Waals surface area contributed by atoms with E-state index in [-0.39, 0.29) is 5.69 Å². The van der Waals surface area contributed by atoms with E-state index in [1.807, 2.05) is 12.1 Å². The van der Waals surface area contributed by atoms with Crippen LogP contribution >= 0.6 is 0 Å². The van der Waals surface area contributed by atoms with Crippen LogP contribution in [-0.4, -0.2) is 36.1 Å². The number of nitrogens with zero attached hydrogens (tertiary/aromatic N) is 2. The number of carbonyl (C=O) groups is 2. The van der Waals surface area contributed by atoms with Crippen molar-refractivity contribution in [2.75, 3.05) is 14.2 Å². The zero-order valence-corrected chi connectivity index (χ0v) is 14.9. The number of hydrogen-bond acceptors (Lipinski definition) is 6. The molecule has 6 heteroatoms. The van der Waals surface area contributed by atoms with Gasteiger partial charge in [-0.2, -0.15) is 0 Å². The number of esters is 2. The van der Waals surface area contributed by atoms with Crippen molar-refractivity contribution in [1.29, 1.82) is 0 Å². The van der Waals surface area contributed by atoms with Crippen molar-refractivity contribution in [1.82, 2.24) is 9.97 Å². The summed E-state index contributed by atoms with van der Waals surface area (Å²) in [6.45, 7) is 0. The summed E-state index contributed by atoms with van der Waals surface area (Å²) in [6, 6.07) is 3.79. The van der Waals surface area contributed by atoms with Crippen LogP contribution in [0.15, 0.2) is 12.1 Å². The summed E-state index contributed by atoms with van der Waals surface area (Å²) < 4.78 is 9.89. The minimum atomic E-state index is -0.521. The number of aryl methyl sites for hydroxylation is 4. The lowest BCUT2D eigenvalue weighted by Crippen LogP contribution is -2.13. The van der Waals surface area contributed by atoms with E-state index in [4.69, 9.17) is 14.5 Å². The quantitative estimate of drug-likeness (QED) is 0.791. The smallest absolute Gasteiger partial charge is 0.357 e. The molecule has 2 aliphatic carbocycles. The first-order chi connectivity index (χ1) is 12.6.